The number of likely N-dealkylation sites (tertiary alicyclic amines) is 1. The lowest BCUT2D eigenvalue weighted by Crippen LogP contribution is -2.43. The fourth-order valence-electron chi connectivity index (χ4n) is 2.91. The van der Waals surface area contributed by atoms with Crippen LogP contribution in [0.25, 0.3) is 0 Å². The summed E-state index contributed by atoms with van der Waals surface area (Å²) in [6, 6.07) is 7.02. The first kappa shape index (κ1) is 14.5. The monoisotopic (exact) mass is 262 g/mol. The Balaban J connectivity index is 2.16. The van der Waals surface area contributed by atoms with Crippen LogP contribution in [0.5, 0.6) is 0 Å². The molecule has 1 fully saturated rings. The van der Waals surface area contributed by atoms with Crippen LogP contribution in [0.15, 0.2) is 18.2 Å². The predicted molar refractivity (Wildman–Crippen MR) is 79.3 cm³/mol. The minimum absolute atomic E-state index is 0.317. The second-order valence-corrected chi connectivity index (χ2v) is 5.59. The molecular formula is C16H26N2O. The number of rotatable bonds is 4. The summed E-state index contributed by atoms with van der Waals surface area (Å²) in [6.45, 7) is 7.10. The van der Waals surface area contributed by atoms with Gasteiger partial charge in [-0.3, -0.25) is 4.90 Å². The van der Waals surface area contributed by atoms with E-state index in [4.69, 9.17) is 10.5 Å². The Bertz CT molecular complexity index is 419. The van der Waals surface area contributed by atoms with Crippen molar-refractivity contribution in [3.63, 3.8) is 0 Å². The van der Waals surface area contributed by atoms with Gasteiger partial charge in [0.2, 0.25) is 0 Å². The predicted octanol–water partition coefficient (Wildman–Crippen LogP) is 2.41. The normalized spacial score (nSPS) is 22.4. The summed E-state index contributed by atoms with van der Waals surface area (Å²) >= 11 is 0. The zero-order valence-corrected chi connectivity index (χ0v) is 12.4. The van der Waals surface area contributed by atoms with Gasteiger partial charge >= 0.3 is 0 Å². The number of hydrogen-bond acceptors (Lipinski definition) is 3. The molecule has 0 bridgehead atoms. The third-order valence-corrected chi connectivity index (χ3v) is 4.32. The molecule has 2 unspecified atom stereocenters. The second kappa shape index (κ2) is 6.51. The number of hydrogen-bond donors (Lipinski definition) is 1. The average Bonchev–Trinajstić information content (AvgIpc) is 2.44. The first-order valence-electron chi connectivity index (χ1n) is 7.19. The van der Waals surface area contributed by atoms with Gasteiger partial charge in [-0.1, -0.05) is 18.2 Å². The van der Waals surface area contributed by atoms with E-state index in [2.05, 4.69) is 36.9 Å². The molecule has 1 aromatic rings. The van der Waals surface area contributed by atoms with Crippen LogP contribution in [0, 0.1) is 13.8 Å². The Morgan fingerprint density at radius 3 is 2.79 bits per heavy atom. The highest BCUT2D eigenvalue weighted by Gasteiger charge is 2.26. The summed E-state index contributed by atoms with van der Waals surface area (Å²) in [4.78, 5) is 2.47. The summed E-state index contributed by atoms with van der Waals surface area (Å²) in [7, 11) is 1.81. The molecule has 1 saturated heterocycles. The first-order valence-corrected chi connectivity index (χ1v) is 7.19. The van der Waals surface area contributed by atoms with Crippen molar-refractivity contribution in [2.75, 3.05) is 26.7 Å². The van der Waals surface area contributed by atoms with Gasteiger partial charge in [-0.25, -0.2) is 0 Å². The quantitative estimate of drug-likeness (QED) is 0.905. The van der Waals surface area contributed by atoms with Gasteiger partial charge in [0.15, 0.2) is 0 Å². The van der Waals surface area contributed by atoms with Gasteiger partial charge in [0.25, 0.3) is 0 Å². The van der Waals surface area contributed by atoms with E-state index >= 15 is 0 Å². The van der Waals surface area contributed by atoms with Crippen molar-refractivity contribution in [2.24, 2.45) is 5.73 Å². The van der Waals surface area contributed by atoms with Crippen molar-refractivity contribution >= 4 is 0 Å². The van der Waals surface area contributed by atoms with Gasteiger partial charge in [-0.05, 0) is 49.9 Å². The summed E-state index contributed by atoms with van der Waals surface area (Å²) < 4.78 is 5.51. The minimum Gasteiger partial charge on any atom is -0.380 e. The largest absolute Gasteiger partial charge is 0.380 e. The Kier molecular flexibility index (Phi) is 4.97. The lowest BCUT2D eigenvalue weighted by molar-refractivity contribution is 0.0155. The molecule has 106 valence electrons. The maximum atomic E-state index is 6.03. The van der Waals surface area contributed by atoms with Crippen molar-refractivity contribution in [3.8, 4) is 0 Å². The van der Waals surface area contributed by atoms with Gasteiger partial charge in [-0.2, -0.15) is 0 Å². The van der Waals surface area contributed by atoms with E-state index in [9.17, 15) is 0 Å². The Morgan fingerprint density at radius 2 is 2.16 bits per heavy atom. The molecule has 1 aliphatic heterocycles. The fourth-order valence-corrected chi connectivity index (χ4v) is 2.91. The van der Waals surface area contributed by atoms with Crippen LogP contribution >= 0.6 is 0 Å². The van der Waals surface area contributed by atoms with Crippen LogP contribution in [0.3, 0.4) is 0 Å². The number of ether oxygens (including phenoxy) is 1. The van der Waals surface area contributed by atoms with Crippen molar-refractivity contribution in [2.45, 2.75) is 38.8 Å². The van der Waals surface area contributed by atoms with E-state index in [1.165, 1.54) is 23.1 Å². The molecule has 0 spiro atoms. The van der Waals surface area contributed by atoms with E-state index < -0.39 is 0 Å². The van der Waals surface area contributed by atoms with E-state index in [1.807, 2.05) is 7.11 Å². The number of methoxy groups -OCH3 is 1. The fraction of sp³-hybridized carbons (Fsp3) is 0.625. The minimum atomic E-state index is 0.317. The highest BCUT2D eigenvalue weighted by molar-refractivity contribution is 5.32. The second-order valence-electron chi connectivity index (χ2n) is 5.59. The van der Waals surface area contributed by atoms with Gasteiger partial charge in [-0.15, -0.1) is 0 Å². The van der Waals surface area contributed by atoms with E-state index in [1.54, 1.807) is 0 Å². The molecule has 0 aromatic heterocycles. The van der Waals surface area contributed by atoms with E-state index in [-0.39, 0.29) is 0 Å². The van der Waals surface area contributed by atoms with Crippen LogP contribution in [0.1, 0.15) is 35.6 Å². The molecule has 1 heterocycles. The molecule has 0 saturated carbocycles. The van der Waals surface area contributed by atoms with Gasteiger partial charge in [0.1, 0.15) is 0 Å². The third kappa shape index (κ3) is 3.35. The third-order valence-electron chi connectivity index (χ3n) is 4.32. The molecule has 19 heavy (non-hydrogen) atoms. The molecule has 0 amide bonds. The lowest BCUT2D eigenvalue weighted by Gasteiger charge is -2.37. The van der Waals surface area contributed by atoms with Crippen LogP contribution in [0.4, 0.5) is 0 Å². The first-order chi connectivity index (χ1) is 9.15. The highest BCUT2D eigenvalue weighted by Crippen LogP contribution is 2.26. The Hall–Kier alpha value is -0.900. The number of nitrogens with two attached hydrogens (primary N) is 1. The van der Waals surface area contributed by atoms with Crippen LogP contribution in [-0.2, 0) is 4.74 Å². The topological polar surface area (TPSA) is 38.5 Å². The highest BCUT2D eigenvalue weighted by atomic mass is 16.5. The molecule has 1 aromatic carbocycles. The van der Waals surface area contributed by atoms with Crippen molar-refractivity contribution < 1.29 is 4.74 Å². The molecule has 3 nitrogen and oxygen atoms in total. The Morgan fingerprint density at radius 1 is 1.37 bits per heavy atom. The molecule has 2 atom stereocenters. The van der Waals surface area contributed by atoms with Crippen LogP contribution in [0.2, 0.25) is 0 Å². The van der Waals surface area contributed by atoms with E-state index in [0.29, 0.717) is 18.7 Å². The molecule has 0 radical (unpaired) electrons. The number of aryl methyl sites for hydroxylation is 2. The van der Waals surface area contributed by atoms with Crippen LogP contribution in [-0.4, -0.2) is 37.7 Å². The van der Waals surface area contributed by atoms with Gasteiger partial charge in [0.05, 0.1) is 6.10 Å². The molecular weight excluding hydrogens is 236 g/mol. The maximum absolute atomic E-state index is 6.03. The zero-order valence-electron chi connectivity index (χ0n) is 12.4. The summed E-state index contributed by atoms with van der Waals surface area (Å²) in [5.41, 5.74) is 10.0. The summed E-state index contributed by atoms with van der Waals surface area (Å²) in [6.07, 6.45) is 2.71. The SMILES string of the molecule is COC1CCCN(C(CN)c2ccc(C)c(C)c2)C1. The van der Waals surface area contributed by atoms with Crippen molar-refractivity contribution in [1.82, 2.24) is 4.90 Å². The zero-order chi connectivity index (χ0) is 13.8. The van der Waals surface area contributed by atoms with Gasteiger partial charge < -0.3 is 10.5 Å². The Labute approximate surface area is 116 Å². The van der Waals surface area contributed by atoms with Crippen molar-refractivity contribution in [1.29, 1.82) is 0 Å². The standard InChI is InChI=1S/C16H26N2O/c1-12-6-7-14(9-13(12)2)16(10-17)18-8-4-5-15(11-18)19-3/h6-7,9,15-16H,4-5,8,10-11,17H2,1-3H3. The molecule has 2 N–H and O–H groups in total. The number of piperidine rings is 1. The van der Waals surface area contributed by atoms with Crippen molar-refractivity contribution in [3.05, 3.63) is 34.9 Å². The van der Waals surface area contributed by atoms with E-state index in [0.717, 1.165) is 19.5 Å². The summed E-state index contributed by atoms with van der Waals surface area (Å²) in [5.74, 6) is 0. The number of nitrogens with zero attached hydrogens (tertiary/aromatic N) is 1. The molecule has 2 rings (SSSR count). The van der Waals surface area contributed by atoms with Gasteiger partial charge in [0, 0.05) is 26.2 Å². The smallest absolute Gasteiger partial charge is 0.0698 e. The average molecular weight is 262 g/mol. The van der Waals surface area contributed by atoms with Crippen LogP contribution < -0.4 is 5.73 Å². The summed E-state index contributed by atoms with van der Waals surface area (Å²) in [5, 5.41) is 0. The molecule has 3 heteroatoms. The molecule has 0 aliphatic carbocycles. The molecule has 1 aliphatic rings. The number of benzene rings is 1. The lowest BCUT2D eigenvalue weighted by atomic mass is 9.97. The maximum Gasteiger partial charge on any atom is 0.0698 e.